The van der Waals surface area contributed by atoms with Crippen LogP contribution in [0.5, 0.6) is 0 Å². The SMILES string of the molecule is Cc1cc2c(Br)cccc2[cH-]1.Cc1cc2c[cH-]sc-2c1.[Cl-].[Cl-].[Zr+4]. The summed E-state index contributed by atoms with van der Waals surface area (Å²) < 4.78 is 1.18. The number of thiophene rings is 1. The summed E-state index contributed by atoms with van der Waals surface area (Å²) in [6, 6.07) is 17.2. The molecule has 0 bridgehead atoms. The van der Waals surface area contributed by atoms with Crippen molar-refractivity contribution in [2.45, 2.75) is 13.8 Å². The molecule has 0 amide bonds. The molecule has 1 aliphatic carbocycles. The van der Waals surface area contributed by atoms with Crippen molar-refractivity contribution in [2.75, 3.05) is 0 Å². The summed E-state index contributed by atoms with van der Waals surface area (Å²) >= 11 is 5.32. The molecule has 2 aromatic rings. The van der Waals surface area contributed by atoms with E-state index in [1.54, 1.807) is 0 Å². The molecule has 118 valence electrons. The van der Waals surface area contributed by atoms with Crippen LogP contribution in [0.15, 0.2) is 58.4 Å². The van der Waals surface area contributed by atoms with Crippen molar-refractivity contribution in [2.24, 2.45) is 0 Å². The summed E-state index contributed by atoms with van der Waals surface area (Å²) in [5.74, 6) is 0. The molecule has 0 radical (unpaired) electrons. The number of fused-ring (bicyclic) bond motifs is 2. The third kappa shape index (κ3) is 5.54. The van der Waals surface area contributed by atoms with E-state index in [9.17, 15) is 0 Å². The van der Waals surface area contributed by atoms with Crippen LogP contribution >= 0.6 is 27.3 Å². The normalized spacial score (nSPS) is 9.35. The number of halogens is 3. The molecule has 0 atom stereocenters. The van der Waals surface area contributed by atoms with E-state index in [0.29, 0.717) is 0 Å². The number of rotatable bonds is 0. The van der Waals surface area contributed by atoms with Gasteiger partial charge in [-0.05, 0) is 11.4 Å². The van der Waals surface area contributed by atoms with Crippen molar-refractivity contribution in [1.29, 1.82) is 0 Å². The van der Waals surface area contributed by atoms with E-state index in [1.807, 2.05) is 11.3 Å². The molecule has 0 unspecified atom stereocenters. The minimum atomic E-state index is 0. The summed E-state index contributed by atoms with van der Waals surface area (Å²) in [5.41, 5.74) is 4.08. The van der Waals surface area contributed by atoms with Crippen LogP contribution in [0.1, 0.15) is 11.1 Å². The van der Waals surface area contributed by atoms with Crippen molar-refractivity contribution in [3.05, 3.63) is 69.5 Å². The first-order valence-corrected chi connectivity index (χ1v) is 8.23. The molecule has 0 saturated carbocycles. The minimum absolute atomic E-state index is 0. The van der Waals surface area contributed by atoms with Crippen LogP contribution in [0.25, 0.3) is 21.2 Å². The molecule has 4 rings (SSSR count). The van der Waals surface area contributed by atoms with Gasteiger partial charge in [0.25, 0.3) is 0 Å². The summed E-state index contributed by atoms with van der Waals surface area (Å²) in [6.45, 7) is 4.25. The summed E-state index contributed by atoms with van der Waals surface area (Å²) in [5, 5.41) is 4.76. The number of benzene rings is 1. The zero-order valence-corrected chi connectivity index (χ0v) is 19.1. The average Bonchev–Trinajstić information content (AvgIpc) is 3.04. The van der Waals surface area contributed by atoms with Crippen LogP contribution in [-0.4, -0.2) is 0 Å². The van der Waals surface area contributed by atoms with Gasteiger partial charge in [0.2, 0.25) is 0 Å². The summed E-state index contributed by atoms with van der Waals surface area (Å²) in [7, 11) is 0. The molecular weight excluding hydrogens is 490 g/mol. The Hall–Kier alpha value is 0.0831. The first-order valence-electron chi connectivity index (χ1n) is 6.55. The van der Waals surface area contributed by atoms with E-state index in [-0.39, 0.29) is 51.0 Å². The second kappa shape index (κ2) is 10.2. The van der Waals surface area contributed by atoms with Crippen molar-refractivity contribution in [3.8, 4) is 10.4 Å². The number of hydrogen-bond acceptors (Lipinski definition) is 1. The number of aryl methyl sites for hydroxylation is 2. The predicted octanol–water partition coefficient (Wildman–Crippen LogP) is 0.515. The van der Waals surface area contributed by atoms with Gasteiger partial charge in [0.1, 0.15) is 0 Å². The zero-order chi connectivity index (χ0) is 14.1. The van der Waals surface area contributed by atoms with Crippen LogP contribution in [0, 0.1) is 13.8 Å². The van der Waals surface area contributed by atoms with Crippen molar-refractivity contribution >= 4 is 38.0 Å². The molecule has 0 spiro atoms. The molecule has 0 saturated heterocycles. The Morgan fingerprint density at radius 3 is 2.43 bits per heavy atom. The minimum Gasteiger partial charge on any atom is -1.00 e. The fourth-order valence-corrected chi connectivity index (χ4v) is 3.78. The maximum Gasteiger partial charge on any atom is 4.00 e. The molecular formula is C18H15BrCl2SZr. The van der Waals surface area contributed by atoms with Crippen LogP contribution in [0.2, 0.25) is 0 Å². The van der Waals surface area contributed by atoms with Gasteiger partial charge in [-0.2, -0.15) is 17.7 Å². The molecule has 2 aliphatic rings. The van der Waals surface area contributed by atoms with Crippen LogP contribution in [0.4, 0.5) is 0 Å². The van der Waals surface area contributed by atoms with E-state index < -0.39 is 0 Å². The van der Waals surface area contributed by atoms with E-state index in [2.05, 4.69) is 83.7 Å². The molecule has 2 aromatic carbocycles. The Kier molecular flexibility index (Phi) is 10.2. The molecule has 0 nitrogen and oxygen atoms in total. The summed E-state index contributed by atoms with van der Waals surface area (Å²) in [6.07, 6.45) is 0. The molecule has 23 heavy (non-hydrogen) atoms. The second-order valence-electron chi connectivity index (χ2n) is 5.05. The average molecular weight is 505 g/mol. The fourth-order valence-electron chi connectivity index (χ4n) is 2.41. The Bertz CT molecular complexity index is 790. The maximum atomic E-state index is 3.51. The number of hydrogen-bond donors (Lipinski definition) is 0. The predicted molar refractivity (Wildman–Crippen MR) is 93.2 cm³/mol. The standard InChI is InChI=1S/C10H8Br.C8H7S.2ClH.Zr/c1-7-5-8-3-2-4-10(11)9(8)6-7;1-6-4-7-2-3-9-8(7)5-6;;;/h2-6H,1H3;2-5H,1H3;2*1H;/q2*-1;;;+4/p-2. The molecule has 1 heterocycles. The second-order valence-corrected chi connectivity index (χ2v) is 6.85. The third-order valence-electron chi connectivity index (χ3n) is 3.31. The van der Waals surface area contributed by atoms with E-state index in [1.165, 1.54) is 36.8 Å². The van der Waals surface area contributed by atoms with Gasteiger partial charge >= 0.3 is 26.2 Å². The van der Waals surface area contributed by atoms with Gasteiger partial charge in [-0.1, -0.05) is 34.5 Å². The fraction of sp³-hybridized carbons (Fsp3) is 0.111. The zero-order valence-electron chi connectivity index (χ0n) is 12.7. The largest absolute Gasteiger partial charge is 4.00 e. The Balaban J connectivity index is 0.000000377. The monoisotopic (exact) mass is 502 g/mol. The quantitative estimate of drug-likeness (QED) is 0.306. The summed E-state index contributed by atoms with van der Waals surface area (Å²) in [4.78, 5) is 1.41. The van der Waals surface area contributed by atoms with Gasteiger partial charge in [0.05, 0.1) is 0 Å². The van der Waals surface area contributed by atoms with Crippen molar-refractivity contribution in [3.63, 3.8) is 0 Å². The van der Waals surface area contributed by atoms with E-state index in [4.69, 9.17) is 0 Å². The van der Waals surface area contributed by atoms with Crippen LogP contribution < -0.4 is 24.8 Å². The van der Waals surface area contributed by atoms with Gasteiger partial charge in [-0.3, -0.25) is 11.3 Å². The van der Waals surface area contributed by atoms with Crippen molar-refractivity contribution in [1.82, 2.24) is 0 Å². The first kappa shape index (κ1) is 23.1. The Labute approximate surface area is 181 Å². The van der Waals surface area contributed by atoms with Gasteiger partial charge < -0.3 is 24.8 Å². The first-order chi connectivity index (χ1) is 9.63. The molecule has 1 aliphatic heterocycles. The van der Waals surface area contributed by atoms with Gasteiger partial charge in [0, 0.05) is 0 Å². The maximum absolute atomic E-state index is 3.51. The van der Waals surface area contributed by atoms with Gasteiger partial charge in [-0.15, -0.1) is 56.9 Å². The van der Waals surface area contributed by atoms with Gasteiger partial charge in [0.15, 0.2) is 0 Å². The van der Waals surface area contributed by atoms with Crippen LogP contribution in [0.3, 0.4) is 0 Å². The Morgan fingerprint density at radius 1 is 1.04 bits per heavy atom. The topological polar surface area (TPSA) is 0 Å². The molecule has 5 heteroatoms. The van der Waals surface area contributed by atoms with Gasteiger partial charge in [-0.25, -0.2) is 0 Å². The Morgan fingerprint density at radius 2 is 1.78 bits per heavy atom. The van der Waals surface area contributed by atoms with Crippen LogP contribution in [-0.2, 0) is 26.2 Å². The van der Waals surface area contributed by atoms with E-state index in [0.717, 1.165) is 0 Å². The smallest absolute Gasteiger partial charge is 1.00 e. The van der Waals surface area contributed by atoms with E-state index >= 15 is 0 Å². The third-order valence-corrected chi connectivity index (χ3v) is 4.88. The molecule has 0 N–H and O–H groups in total. The van der Waals surface area contributed by atoms with Crippen molar-refractivity contribution < 1.29 is 51.0 Å². The molecule has 0 aromatic heterocycles. The molecule has 0 fully saturated rings.